The fourth-order valence-corrected chi connectivity index (χ4v) is 3.52. The highest BCUT2D eigenvalue weighted by atomic mass is 19.1. The van der Waals surface area contributed by atoms with Crippen LogP contribution in [-0.2, 0) is 9.59 Å². The summed E-state index contributed by atoms with van der Waals surface area (Å²) in [6.07, 6.45) is 4.10. The lowest BCUT2D eigenvalue weighted by Crippen LogP contribution is -2.51. The molecule has 146 valence electrons. The van der Waals surface area contributed by atoms with Gasteiger partial charge in [0.2, 0.25) is 11.8 Å². The smallest absolute Gasteiger partial charge is 0.319 e. The molecule has 0 saturated carbocycles. The molecule has 0 spiro atoms. The second-order valence-electron chi connectivity index (χ2n) is 7.00. The fraction of sp³-hybridized carbons (Fsp3) is 0.526. The van der Waals surface area contributed by atoms with Gasteiger partial charge < -0.3 is 20.4 Å². The second kappa shape index (κ2) is 8.83. The van der Waals surface area contributed by atoms with E-state index < -0.39 is 17.9 Å². The topological polar surface area (TPSA) is 81.8 Å². The minimum atomic E-state index is -0.688. The number of amides is 4. The Morgan fingerprint density at radius 1 is 1.11 bits per heavy atom. The minimum absolute atomic E-state index is 0.0364. The van der Waals surface area contributed by atoms with Crippen molar-refractivity contribution >= 4 is 23.5 Å². The average Bonchev–Trinajstić information content (AvgIpc) is 3.12. The molecule has 0 bridgehead atoms. The molecular weight excluding hydrogens is 351 g/mol. The lowest BCUT2D eigenvalue weighted by molar-refractivity contribution is -0.140. The van der Waals surface area contributed by atoms with Gasteiger partial charge in [-0.25, -0.2) is 9.18 Å². The monoisotopic (exact) mass is 376 g/mol. The maximum atomic E-state index is 13.2. The molecule has 1 atom stereocenters. The number of likely N-dealkylation sites (tertiary alicyclic amines) is 2. The van der Waals surface area contributed by atoms with Crippen LogP contribution in [0.5, 0.6) is 0 Å². The molecule has 4 amide bonds. The van der Waals surface area contributed by atoms with Gasteiger partial charge in [-0.15, -0.1) is 0 Å². The van der Waals surface area contributed by atoms with Crippen LogP contribution in [0.4, 0.5) is 14.9 Å². The van der Waals surface area contributed by atoms with E-state index in [1.165, 1.54) is 18.2 Å². The third-order valence-electron chi connectivity index (χ3n) is 4.95. The van der Waals surface area contributed by atoms with Crippen LogP contribution in [0.25, 0.3) is 0 Å². The number of nitrogens with zero attached hydrogens (tertiary/aromatic N) is 2. The van der Waals surface area contributed by atoms with Crippen LogP contribution in [-0.4, -0.2) is 59.9 Å². The van der Waals surface area contributed by atoms with E-state index in [0.29, 0.717) is 18.7 Å². The van der Waals surface area contributed by atoms with Crippen molar-refractivity contribution in [1.82, 2.24) is 15.1 Å². The molecule has 2 saturated heterocycles. The molecule has 8 heteroatoms. The highest BCUT2D eigenvalue weighted by molar-refractivity contribution is 5.94. The van der Waals surface area contributed by atoms with Crippen molar-refractivity contribution in [2.45, 2.75) is 38.1 Å². The van der Waals surface area contributed by atoms with Crippen molar-refractivity contribution in [3.8, 4) is 0 Å². The number of nitrogens with one attached hydrogen (secondary N) is 2. The molecule has 7 nitrogen and oxygen atoms in total. The summed E-state index contributed by atoms with van der Waals surface area (Å²) >= 11 is 0. The number of anilines is 1. The van der Waals surface area contributed by atoms with Crippen LogP contribution < -0.4 is 10.6 Å². The van der Waals surface area contributed by atoms with Gasteiger partial charge >= 0.3 is 6.03 Å². The number of rotatable bonds is 4. The van der Waals surface area contributed by atoms with Gasteiger partial charge in [0, 0.05) is 25.3 Å². The molecule has 2 aliphatic rings. The highest BCUT2D eigenvalue weighted by Crippen LogP contribution is 2.15. The number of carbonyl (C=O) groups excluding carboxylic acids is 3. The molecule has 2 fully saturated rings. The summed E-state index contributed by atoms with van der Waals surface area (Å²) in [7, 11) is 0. The first-order valence-electron chi connectivity index (χ1n) is 9.42. The molecule has 0 unspecified atom stereocenters. The molecule has 3 rings (SSSR count). The van der Waals surface area contributed by atoms with Gasteiger partial charge in [0.25, 0.3) is 0 Å². The third kappa shape index (κ3) is 5.18. The Hall–Kier alpha value is -2.64. The summed E-state index contributed by atoms with van der Waals surface area (Å²) in [5.74, 6) is -0.731. The van der Waals surface area contributed by atoms with Crippen molar-refractivity contribution in [3.05, 3.63) is 30.1 Å². The molecule has 1 aromatic carbocycles. The van der Waals surface area contributed by atoms with Crippen molar-refractivity contribution < 1.29 is 18.8 Å². The summed E-state index contributed by atoms with van der Waals surface area (Å²) in [6.45, 7) is 2.07. The largest absolute Gasteiger partial charge is 0.341 e. The molecule has 0 aliphatic carbocycles. The van der Waals surface area contributed by atoms with Crippen molar-refractivity contribution in [2.75, 3.05) is 31.5 Å². The molecule has 2 N–H and O–H groups in total. The van der Waals surface area contributed by atoms with E-state index >= 15 is 0 Å². The number of carbonyl (C=O) groups is 3. The fourth-order valence-electron chi connectivity index (χ4n) is 3.52. The van der Waals surface area contributed by atoms with E-state index in [1.807, 2.05) is 0 Å². The molecular formula is C19H25FN4O3. The van der Waals surface area contributed by atoms with Crippen LogP contribution in [0.1, 0.15) is 32.1 Å². The third-order valence-corrected chi connectivity index (χ3v) is 4.95. The Morgan fingerprint density at radius 2 is 1.85 bits per heavy atom. The Labute approximate surface area is 157 Å². The average molecular weight is 376 g/mol. The molecule has 1 aromatic rings. The van der Waals surface area contributed by atoms with Gasteiger partial charge in [-0.1, -0.05) is 6.07 Å². The lowest BCUT2D eigenvalue weighted by Gasteiger charge is -2.26. The Kier molecular flexibility index (Phi) is 6.26. The van der Waals surface area contributed by atoms with Gasteiger partial charge in [-0.05, 0) is 50.3 Å². The maximum absolute atomic E-state index is 13.2. The Balaban J connectivity index is 1.57. The van der Waals surface area contributed by atoms with Gasteiger partial charge in [-0.2, -0.15) is 0 Å². The number of hydrogen-bond acceptors (Lipinski definition) is 3. The summed E-state index contributed by atoms with van der Waals surface area (Å²) in [5, 5.41) is 5.20. The van der Waals surface area contributed by atoms with E-state index in [-0.39, 0.29) is 18.4 Å². The second-order valence-corrected chi connectivity index (χ2v) is 7.00. The van der Waals surface area contributed by atoms with Crippen molar-refractivity contribution in [2.24, 2.45) is 0 Å². The molecule has 0 aromatic heterocycles. The van der Waals surface area contributed by atoms with Gasteiger partial charge in [0.1, 0.15) is 11.9 Å². The van der Waals surface area contributed by atoms with Gasteiger partial charge in [0.05, 0.1) is 6.54 Å². The summed E-state index contributed by atoms with van der Waals surface area (Å²) in [4.78, 5) is 40.7. The van der Waals surface area contributed by atoms with E-state index in [1.54, 1.807) is 15.9 Å². The standard InChI is InChI=1S/C19H25FN4O3/c20-14-6-5-7-15(12-14)21-19(27)22-16-8-1-2-11-24(18(16)26)13-17(25)23-9-3-4-10-23/h5-7,12,16H,1-4,8-11,13H2,(H2,21,22,27)/t16-/m0/s1. The number of urea groups is 1. The minimum Gasteiger partial charge on any atom is -0.341 e. The zero-order valence-corrected chi connectivity index (χ0v) is 15.2. The zero-order valence-electron chi connectivity index (χ0n) is 15.2. The first-order valence-corrected chi connectivity index (χ1v) is 9.42. The zero-order chi connectivity index (χ0) is 19.2. The van der Waals surface area contributed by atoms with Crippen LogP contribution in [0.3, 0.4) is 0 Å². The lowest BCUT2D eigenvalue weighted by atomic mass is 10.1. The van der Waals surface area contributed by atoms with E-state index in [9.17, 15) is 18.8 Å². The van der Waals surface area contributed by atoms with E-state index in [4.69, 9.17) is 0 Å². The predicted molar refractivity (Wildman–Crippen MR) is 98.6 cm³/mol. The Bertz CT molecular complexity index is 706. The quantitative estimate of drug-likeness (QED) is 0.843. The number of halogens is 1. The molecule has 0 radical (unpaired) electrons. The molecule has 2 heterocycles. The normalized spacial score (nSPS) is 20.3. The van der Waals surface area contributed by atoms with E-state index in [2.05, 4.69) is 10.6 Å². The van der Waals surface area contributed by atoms with Gasteiger partial charge in [0.15, 0.2) is 0 Å². The maximum Gasteiger partial charge on any atom is 0.319 e. The molecule has 27 heavy (non-hydrogen) atoms. The summed E-state index contributed by atoms with van der Waals surface area (Å²) < 4.78 is 13.2. The number of hydrogen-bond donors (Lipinski definition) is 2. The first-order chi connectivity index (χ1) is 13.0. The molecule has 2 aliphatic heterocycles. The van der Waals surface area contributed by atoms with Crippen LogP contribution >= 0.6 is 0 Å². The Morgan fingerprint density at radius 3 is 2.59 bits per heavy atom. The predicted octanol–water partition coefficient (Wildman–Crippen LogP) is 1.95. The van der Waals surface area contributed by atoms with Crippen molar-refractivity contribution in [1.29, 1.82) is 0 Å². The highest BCUT2D eigenvalue weighted by Gasteiger charge is 2.31. The van der Waals surface area contributed by atoms with Crippen LogP contribution in [0, 0.1) is 5.82 Å². The van der Waals surface area contributed by atoms with Gasteiger partial charge in [-0.3, -0.25) is 9.59 Å². The number of benzene rings is 1. The van der Waals surface area contributed by atoms with E-state index in [0.717, 1.165) is 38.8 Å². The summed E-state index contributed by atoms with van der Waals surface area (Å²) in [5.41, 5.74) is 0.314. The van der Waals surface area contributed by atoms with Crippen molar-refractivity contribution in [3.63, 3.8) is 0 Å². The van der Waals surface area contributed by atoms with Crippen LogP contribution in [0.2, 0.25) is 0 Å². The first kappa shape index (κ1) is 19.1. The summed E-state index contributed by atoms with van der Waals surface area (Å²) in [6, 6.07) is 4.30. The SMILES string of the molecule is O=C(Nc1cccc(F)c1)N[C@H]1CCCCN(CC(=O)N2CCCC2)C1=O. The van der Waals surface area contributed by atoms with Crippen LogP contribution in [0.15, 0.2) is 24.3 Å².